The highest BCUT2D eigenvalue weighted by Crippen LogP contribution is 2.30. The summed E-state index contributed by atoms with van der Waals surface area (Å²) in [5.41, 5.74) is -0.408. The number of para-hydroxylation sites is 1. The van der Waals surface area contributed by atoms with Crippen LogP contribution in [0.4, 0.5) is 10.5 Å². The maximum absolute atomic E-state index is 12.5. The van der Waals surface area contributed by atoms with Gasteiger partial charge in [-0.3, -0.25) is 4.90 Å². The molecule has 0 unspecified atom stereocenters. The third kappa shape index (κ3) is 4.52. The molecular weight excluding hydrogens is 316 g/mol. The molecule has 1 N–H and O–H groups in total. The predicted molar refractivity (Wildman–Crippen MR) is 91.8 cm³/mol. The number of carbonyl (C=O) groups excluding carboxylic acids is 1. The first-order valence-electron chi connectivity index (χ1n) is 7.75. The van der Waals surface area contributed by atoms with Crippen molar-refractivity contribution in [2.24, 2.45) is 0 Å². The Hall–Kier alpha value is -1.46. The van der Waals surface area contributed by atoms with E-state index >= 15 is 0 Å². The number of ether oxygens (including phenoxy) is 2. The number of amides is 1. The Bertz CT molecular complexity index is 569. The second-order valence-electron chi connectivity index (χ2n) is 7.12. The minimum atomic E-state index is -0.699. The second kappa shape index (κ2) is 6.57. The summed E-state index contributed by atoms with van der Waals surface area (Å²) in [4.78, 5) is 14.2. The molecule has 1 fully saturated rings. The van der Waals surface area contributed by atoms with Crippen molar-refractivity contribution in [3.63, 3.8) is 0 Å². The molecule has 1 atom stereocenters. The summed E-state index contributed by atoms with van der Waals surface area (Å²) in [6.45, 7) is 10.3. The van der Waals surface area contributed by atoms with E-state index in [2.05, 4.69) is 5.32 Å². The number of anilines is 1. The average molecular weight is 341 g/mol. The standard InChI is InChI=1S/C17H25ClN2O3/c1-16(2,3)23-15(21)20-12(11-22-17(20,4)5)10-19-14-9-7-6-8-13(14)18/h6-9,12,19H,10-11H2,1-5H3/t12-/m0/s1. The molecule has 0 aromatic heterocycles. The van der Waals surface area contributed by atoms with E-state index in [1.165, 1.54) is 0 Å². The van der Waals surface area contributed by atoms with Crippen molar-refractivity contribution >= 4 is 23.4 Å². The molecular formula is C17H25ClN2O3. The quantitative estimate of drug-likeness (QED) is 0.899. The van der Waals surface area contributed by atoms with Gasteiger partial charge in [0, 0.05) is 6.54 Å². The summed E-state index contributed by atoms with van der Waals surface area (Å²) in [6, 6.07) is 7.39. The number of benzene rings is 1. The second-order valence-corrected chi connectivity index (χ2v) is 7.53. The normalized spacial score (nSPS) is 20.4. The van der Waals surface area contributed by atoms with Crippen molar-refractivity contribution in [3.05, 3.63) is 29.3 Å². The Kier molecular flexibility index (Phi) is 5.11. The molecule has 0 saturated carbocycles. The molecule has 1 saturated heterocycles. The number of halogens is 1. The first kappa shape index (κ1) is 17.9. The molecule has 1 aromatic rings. The third-order valence-electron chi connectivity index (χ3n) is 3.57. The molecule has 1 aromatic carbocycles. The van der Waals surface area contributed by atoms with E-state index in [9.17, 15) is 4.79 Å². The number of hydrogen-bond acceptors (Lipinski definition) is 4. The lowest BCUT2D eigenvalue weighted by Crippen LogP contribution is -2.51. The summed E-state index contributed by atoms with van der Waals surface area (Å²) in [6.07, 6.45) is -0.369. The SMILES string of the molecule is CC(C)(C)OC(=O)N1[C@@H](CNc2ccccc2Cl)COC1(C)C. The Morgan fingerprint density at radius 2 is 2.09 bits per heavy atom. The van der Waals surface area contributed by atoms with E-state index in [-0.39, 0.29) is 12.1 Å². The lowest BCUT2D eigenvalue weighted by molar-refractivity contribution is -0.0620. The molecule has 1 amide bonds. The van der Waals surface area contributed by atoms with Crippen molar-refractivity contribution in [3.8, 4) is 0 Å². The molecule has 5 nitrogen and oxygen atoms in total. The zero-order valence-corrected chi connectivity index (χ0v) is 15.1. The molecule has 0 aliphatic carbocycles. The monoisotopic (exact) mass is 340 g/mol. The zero-order valence-electron chi connectivity index (χ0n) is 14.4. The van der Waals surface area contributed by atoms with Crippen LogP contribution in [-0.2, 0) is 9.47 Å². The smallest absolute Gasteiger partial charge is 0.412 e. The average Bonchev–Trinajstić information content (AvgIpc) is 2.71. The highest BCUT2D eigenvalue weighted by atomic mass is 35.5. The van der Waals surface area contributed by atoms with Crippen LogP contribution in [0.3, 0.4) is 0 Å². The number of nitrogens with zero attached hydrogens (tertiary/aromatic N) is 1. The van der Waals surface area contributed by atoms with E-state index in [0.717, 1.165) is 5.69 Å². The molecule has 0 radical (unpaired) electrons. The van der Waals surface area contributed by atoms with Gasteiger partial charge in [-0.05, 0) is 46.8 Å². The van der Waals surface area contributed by atoms with Gasteiger partial charge in [-0.15, -0.1) is 0 Å². The molecule has 1 aliphatic heterocycles. The van der Waals surface area contributed by atoms with Gasteiger partial charge in [0.05, 0.1) is 23.4 Å². The van der Waals surface area contributed by atoms with Crippen LogP contribution in [0.5, 0.6) is 0 Å². The van der Waals surface area contributed by atoms with Gasteiger partial charge in [0.1, 0.15) is 11.3 Å². The molecule has 128 valence electrons. The van der Waals surface area contributed by atoms with Crippen molar-refractivity contribution in [1.82, 2.24) is 4.90 Å². The fourth-order valence-electron chi connectivity index (χ4n) is 2.55. The highest BCUT2D eigenvalue weighted by molar-refractivity contribution is 6.33. The van der Waals surface area contributed by atoms with Crippen LogP contribution < -0.4 is 5.32 Å². The van der Waals surface area contributed by atoms with Gasteiger partial charge in [-0.25, -0.2) is 4.79 Å². The molecule has 0 spiro atoms. The van der Waals surface area contributed by atoms with Gasteiger partial charge < -0.3 is 14.8 Å². The van der Waals surface area contributed by atoms with Crippen LogP contribution in [0.1, 0.15) is 34.6 Å². The van der Waals surface area contributed by atoms with Crippen LogP contribution in [0.25, 0.3) is 0 Å². The maximum atomic E-state index is 12.5. The summed E-state index contributed by atoms with van der Waals surface area (Å²) >= 11 is 6.15. The number of rotatable bonds is 3. The minimum absolute atomic E-state index is 0.129. The van der Waals surface area contributed by atoms with Crippen LogP contribution in [0.15, 0.2) is 24.3 Å². The van der Waals surface area contributed by atoms with E-state index in [0.29, 0.717) is 18.2 Å². The number of nitrogens with one attached hydrogen (secondary N) is 1. The number of carbonyl (C=O) groups is 1. The van der Waals surface area contributed by atoms with Crippen molar-refractivity contribution < 1.29 is 14.3 Å². The van der Waals surface area contributed by atoms with E-state index in [1.807, 2.05) is 58.9 Å². The lowest BCUT2D eigenvalue weighted by atomic mass is 10.2. The zero-order chi connectivity index (χ0) is 17.3. The van der Waals surface area contributed by atoms with E-state index in [1.54, 1.807) is 4.90 Å². The van der Waals surface area contributed by atoms with Crippen molar-refractivity contribution in [2.75, 3.05) is 18.5 Å². The molecule has 23 heavy (non-hydrogen) atoms. The van der Waals surface area contributed by atoms with E-state index in [4.69, 9.17) is 21.1 Å². The topological polar surface area (TPSA) is 50.8 Å². The van der Waals surface area contributed by atoms with Gasteiger partial charge in [0.2, 0.25) is 0 Å². The molecule has 0 bridgehead atoms. The Balaban J connectivity index is 2.08. The van der Waals surface area contributed by atoms with Gasteiger partial charge in [0.15, 0.2) is 0 Å². The van der Waals surface area contributed by atoms with Gasteiger partial charge in [-0.1, -0.05) is 23.7 Å². The fourth-order valence-corrected chi connectivity index (χ4v) is 2.75. The summed E-state index contributed by atoms with van der Waals surface area (Å²) in [7, 11) is 0. The minimum Gasteiger partial charge on any atom is -0.444 e. The Morgan fingerprint density at radius 3 is 2.70 bits per heavy atom. The maximum Gasteiger partial charge on any atom is 0.412 e. The van der Waals surface area contributed by atoms with Crippen molar-refractivity contribution in [1.29, 1.82) is 0 Å². The number of hydrogen-bond donors (Lipinski definition) is 1. The van der Waals surface area contributed by atoms with Crippen LogP contribution in [0, 0.1) is 0 Å². The first-order chi connectivity index (χ1) is 10.6. The van der Waals surface area contributed by atoms with Gasteiger partial charge >= 0.3 is 6.09 Å². The fraction of sp³-hybridized carbons (Fsp3) is 0.588. The third-order valence-corrected chi connectivity index (χ3v) is 3.90. The first-order valence-corrected chi connectivity index (χ1v) is 8.12. The largest absolute Gasteiger partial charge is 0.444 e. The molecule has 6 heteroatoms. The molecule has 1 heterocycles. The van der Waals surface area contributed by atoms with Crippen LogP contribution in [0.2, 0.25) is 5.02 Å². The Morgan fingerprint density at radius 1 is 1.43 bits per heavy atom. The molecule has 1 aliphatic rings. The highest BCUT2D eigenvalue weighted by Gasteiger charge is 2.45. The predicted octanol–water partition coefficient (Wildman–Crippen LogP) is 4.12. The van der Waals surface area contributed by atoms with Crippen LogP contribution >= 0.6 is 11.6 Å². The summed E-state index contributed by atoms with van der Waals surface area (Å²) < 4.78 is 11.3. The summed E-state index contributed by atoms with van der Waals surface area (Å²) in [5.74, 6) is 0. The van der Waals surface area contributed by atoms with Gasteiger partial charge in [0.25, 0.3) is 0 Å². The molecule has 2 rings (SSSR count). The summed E-state index contributed by atoms with van der Waals surface area (Å²) in [5, 5.41) is 3.93. The van der Waals surface area contributed by atoms with Gasteiger partial charge in [-0.2, -0.15) is 0 Å². The van der Waals surface area contributed by atoms with E-state index < -0.39 is 11.3 Å². The van der Waals surface area contributed by atoms with Crippen LogP contribution in [-0.4, -0.2) is 41.5 Å². The Labute approximate surface area is 142 Å². The van der Waals surface area contributed by atoms with Crippen molar-refractivity contribution in [2.45, 2.75) is 52.0 Å². The lowest BCUT2D eigenvalue weighted by Gasteiger charge is -2.35.